The predicted molar refractivity (Wildman–Crippen MR) is 328 cm³/mol. The van der Waals surface area contributed by atoms with Crippen LogP contribution in [0.2, 0.25) is 0 Å². The van der Waals surface area contributed by atoms with Crippen molar-refractivity contribution in [1.82, 2.24) is 14.1 Å². The van der Waals surface area contributed by atoms with E-state index in [0.717, 1.165) is 123 Å². The number of hydrogen-bond donors (Lipinski definition) is 0. The molecule has 0 spiro atoms. The zero-order chi connectivity index (χ0) is 53.5. The summed E-state index contributed by atoms with van der Waals surface area (Å²) in [7, 11) is 0. The first-order valence-electron chi connectivity index (χ1n) is 26.6. The molecule has 0 bridgehead atoms. The van der Waals surface area contributed by atoms with E-state index in [4.69, 9.17) is 4.98 Å². The van der Waals surface area contributed by atoms with Crippen molar-refractivity contribution in [1.29, 1.82) is 10.5 Å². The fraction of sp³-hybridized carbons (Fsp3) is 0. The molecule has 14 aromatic rings. The van der Waals surface area contributed by atoms with Crippen molar-refractivity contribution in [3.8, 4) is 57.0 Å². The molecule has 0 N–H and O–H groups in total. The van der Waals surface area contributed by atoms with Crippen molar-refractivity contribution in [2.45, 2.75) is 0 Å². The second-order valence-electron chi connectivity index (χ2n) is 19.8. The fourth-order valence-electron chi connectivity index (χ4n) is 11.5. The van der Waals surface area contributed by atoms with Crippen molar-refractivity contribution in [3.63, 3.8) is 0 Å². The third-order valence-corrected chi connectivity index (χ3v) is 15.2. The molecule has 7 heteroatoms. The van der Waals surface area contributed by atoms with E-state index in [1.165, 1.54) is 0 Å². The van der Waals surface area contributed by atoms with Gasteiger partial charge in [-0.05, 0) is 155 Å². The Bertz CT molecular complexity index is 4630. The average Bonchev–Trinajstić information content (AvgIpc) is 4.24. The summed E-state index contributed by atoms with van der Waals surface area (Å²) >= 11 is 0. The molecular formula is C73H47N7. The van der Waals surface area contributed by atoms with Gasteiger partial charge in [0.1, 0.15) is 18.0 Å². The Hall–Kier alpha value is -11.3. The molecule has 374 valence electrons. The molecule has 3 aromatic heterocycles. The number of hydrogen-bond acceptors (Lipinski definition) is 5. The maximum absolute atomic E-state index is 10.4. The highest BCUT2D eigenvalue weighted by Crippen LogP contribution is 2.43. The summed E-state index contributed by atoms with van der Waals surface area (Å²) in [5.74, 6) is 0.724. The number of aromatic nitrogens is 3. The number of benzene rings is 11. The molecule has 0 saturated carbocycles. The highest BCUT2D eigenvalue weighted by Gasteiger charge is 2.22. The summed E-state index contributed by atoms with van der Waals surface area (Å²) in [6.07, 6.45) is 1.96. The number of anilines is 6. The number of para-hydroxylation sites is 6. The monoisotopic (exact) mass is 1020 g/mol. The lowest BCUT2D eigenvalue weighted by atomic mass is 9.99. The van der Waals surface area contributed by atoms with Gasteiger partial charge in [0, 0.05) is 61.2 Å². The first-order chi connectivity index (χ1) is 39.6. The number of pyridine rings is 1. The predicted octanol–water partition coefficient (Wildman–Crippen LogP) is 19.0. The summed E-state index contributed by atoms with van der Waals surface area (Å²) < 4.78 is 4.52. The minimum Gasteiger partial charge on any atom is -0.311 e. The maximum Gasteiger partial charge on any atom is 0.138 e. The van der Waals surface area contributed by atoms with Crippen LogP contribution < -0.4 is 9.80 Å². The van der Waals surface area contributed by atoms with Crippen LogP contribution in [0.1, 0.15) is 11.1 Å². The van der Waals surface area contributed by atoms with Gasteiger partial charge in [0.15, 0.2) is 0 Å². The molecule has 0 aliphatic heterocycles. The van der Waals surface area contributed by atoms with Crippen molar-refractivity contribution in [2.75, 3.05) is 9.80 Å². The van der Waals surface area contributed by atoms with Crippen LogP contribution in [0.4, 0.5) is 34.1 Å². The first kappa shape index (κ1) is 47.2. The second kappa shape index (κ2) is 20.0. The summed E-state index contributed by atoms with van der Waals surface area (Å²) in [4.78, 5) is 9.91. The topological polar surface area (TPSA) is 76.8 Å². The summed E-state index contributed by atoms with van der Waals surface area (Å²) in [5, 5.41) is 24.8. The zero-order valence-corrected chi connectivity index (χ0v) is 43.3. The van der Waals surface area contributed by atoms with Gasteiger partial charge in [0.2, 0.25) is 0 Å². The van der Waals surface area contributed by atoms with E-state index < -0.39 is 0 Å². The lowest BCUT2D eigenvalue weighted by molar-refractivity contribution is 1.06. The lowest BCUT2D eigenvalue weighted by Gasteiger charge is -2.25. The quantitative estimate of drug-likeness (QED) is 0.129. The van der Waals surface area contributed by atoms with Crippen LogP contribution in [0, 0.1) is 22.7 Å². The zero-order valence-electron chi connectivity index (χ0n) is 43.3. The van der Waals surface area contributed by atoms with E-state index in [1.807, 2.05) is 42.6 Å². The van der Waals surface area contributed by atoms with Crippen LogP contribution in [-0.2, 0) is 0 Å². The van der Waals surface area contributed by atoms with E-state index in [2.05, 4.69) is 268 Å². The number of nitriles is 2. The van der Waals surface area contributed by atoms with Gasteiger partial charge < -0.3 is 14.4 Å². The SMILES string of the molecule is N#Cc1ccc(-c2cc(-n3c4ccccc4c4cc(-c5ccc(N(c6ccccc6)c6ccccc6)cc5)ccc43)ncc2-n2c3ccccc3c3cc(-c4ccc(N(c5ccccc5)c5ccccc5)cc4)ccc32)cc1C#N. The number of nitrogens with zero attached hydrogens (tertiary/aromatic N) is 7. The molecule has 0 radical (unpaired) electrons. The Kier molecular flexibility index (Phi) is 11.8. The van der Waals surface area contributed by atoms with E-state index in [1.54, 1.807) is 6.07 Å². The van der Waals surface area contributed by atoms with Crippen molar-refractivity contribution in [3.05, 3.63) is 296 Å². The molecule has 11 aromatic carbocycles. The Morgan fingerprint density at radius 1 is 0.300 bits per heavy atom. The van der Waals surface area contributed by atoms with Gasteiger partial charge in [-0.2, -0.15) is 10.5 Å². The van der Waals surface area contributed by atoms with E-state index in [0.29, 0.717) is 11.1 Å². The van der Waals surface area contributed by atoms with Gasteiger partial charge in [-0.25, -0.2) is 4.98 Å². The van der Waals surface area contributed by atoms with Crippen LogP contribution in [0.25, 0.3) is 88.5 Å². The minimum atomic E-state index is 0.313. The summed E-state index contributed by atoms with van der Waals surface area (Å²) in [6, 6.07) is 102. The molecule has 0 unspecified atom stereocenters. The Morgan fingerprint density at radius 3 is 1.14 bits per heavy atom. The van der Waals surface area contributed by atoms with Crippen LogP contribution in [0.3, 0.4) is 0 Å². The first-order valence-corrected chi connectivity index (χ1v) is 26.6. The molecule has 14 rings (SSSR count). The largest absolute Gasteiger partial charge is 0.311 e. The molecule has 0 saturated heterocycles. The number of rotatable bonds is 11. The summed E-state index contributed by atoms with van der Waals surface area (Å²) in [5.41, 5.74) is 18.1. The van der Waals surface area contributed by atoms with Crippen LogP contribution in [0.5, 0.6) is 0 Å². The van der Waals surface area contributed by atoms with Gasteiger partial charge >= 0.3 is 0 Å². The van der Waals surface area contributed by atoms with Crippen LogP contribution in [-0.4, -0.2) is 14.1 Å². The van der Waals surface area contributed by atoms with Gasteiger partial charge in [-0.15, -0.1) is 0 Å². The standard InChI is InChI=1S/C73H47N7/c74-47-55-30-29-54(43-56(55)48-75)65-46-73(80-69-28-16-14-26-64(69)67-45-53(36-42-71(67)80)51-33-39-62(40-34-51)78(59-21-9-3-10-22-59)60-23-11-4-12-24-60)76-49-72(65)79-68-27-15-13-25-63(68)66-44-52(35-41-70(66)79)50-31-37-61(38-32-50)77(57-17-5-1-6-18-57)58-19-7-2-8-20-58/h1-46,49H. The fourth-order valence-corrected chi connectivity index (χ4v) is 11.5. The third-order valence-electron chi connectivity index (χ3n) is 15.2. The molecule has 0 atom stereocenters. The molecule has 0 amide bonds. The van der Waals surface area contributed by atoms with Gasteiger partial charge in [0.05, 0.1) is 45.1 Å². The summed E-state index contributed by atoms with van der Waals surface area (Å²) in [6.45, 7) is 0. The highest BCUT2D eigenvalue weighted by molar-refractivity contribution is 6.12. The molecule has 0 fully saturated rings. The van der Waals surface area contributed by atoms with Gasteiger partial charge in [0.25, 0.3) is 0 Å². The molecule has 7 nitrogen and oxygen atoms in total. The molecule has 80 heavy (non-hydrogen) atoms. The normalized spacial score (nSPS) is 11.2. The Labute approximate surface area is 463 Å². The second-order valence-corrected chi connectivity index (χ2v) is 19.8. The van der Waals surface area contributed by atoms with E-state index in [-0.39, 0.29) is 0 Å². The lowest BCUT2D eigenvalue weighted by Crippen LogP contribution is -2.09. The molecular weight excluding hydrogens is 975 g/mol. The maximum atomic E-state index is 10.4. The molecule has 0 aliphatic rings. The Morgan fingerprint density at radius 2 is 0.675 bits per heavy atom. The van der Waals surface area contributed by atoms with E-state index >= 15 is 0 Å². The van der Waals surface area contributed by atoms with Crippen molar-refractivity contribution in [2.24, 2.45) is 0 Å². The minimum absolute atomic E-state index is 0.313. The average molecular weight is 1020 g/mol. The van der Waals surface area contributed by atoms with Crippen LogP contribution in [0.15, 0.2) is 285 Å². The molecule has 0 aliphatic carbocycles. The van der Waals surface area contributed by atoms with Crippen molar-refractivity contribution < 1.29 is 0 Å². The molecule has 3 heterocycles. The smallest absolute Gasteiger partial charge is 0.138 e. The Balaban J connectivity index is 0.879. The highest BCUT2D eigenvalue weighted by atomic mass is 15.1. The number of fused-ring (bicyclic) bond motifs is 6. The van der Waals surface area contributed by atoms with E-state index in [9.17, 15) is 10.5 Å². The van der Waals surface area contributed by atoms with Crippen molar-refractivity contribution >= 4 is 77.7 Å². The third kappa shape index (κ3) is 8.27. The van der Waals surface area contributed by atoms with Gasteiger partial charge in [-0.3, -0.25) is 4.57 Å². The van der Waals surface area contributed by atoms with Crippen LogP contribution >= 0.6 is 0 Å². The van der Waals surface area contributed by atoms with Gasteiger partial charge in [-0.1, -0.05) is 152 Å².